The molecule has 0 spiro atoms. The summed E-state index contributed by atoms with van der Waals surface area (Å²) in [4.78, 5) is -0.129. The van der Waals surface area contributed by atoms with E-state index in [9.17, 15) is 17.2 Å². The van der Waals surface area contributed by atoms with Crippen molar-refractivity contribution in [2.75, 3.05) is 6.54 Å². The molecular formula is C10H17ClF2N4O2S. The molecule has 6 nitrogen and oxygen atoms in total. The van der Waals surface area contributed by atoms with Gasteiger partial charge in [0.15, 0.2) is 0 Å². The van der Waals surface area contributed by atoms with Crippen molar-refractivity contribution in [1.82, 2.24) is 14.5 Å². The number of nitrogens with two attached hydrogens (primary N) is 1. The van der Waals surface area contributed by atoms with Crippen molar-refractivity contribution < 1.29 is 17.2 Å². The van der Waals surface area contributed by atoms with E-state index >= 15 is 0 Å². The van der Waals surface area contributed by atoms with Gasteiger partial charge in [-0.05, 0) is 18.8 Å². The molecule has 1 fully saturated rings. The van der Waals surface area contributed by atoms with Gasteiger partial charge in [0.1, 0.15) is 11.4 Å². The summed E-state index contributed by atoms with van der Waals surface area (Å²) in [6.45, 7) is -0.482. The van der Waals surface area contributed by atoms with Crippen LogP contribution in [0.5, 0.6) is 0 Å². The monoisotopic (exact) mass is 330 g/mol. The van der Waals surface area contributed by atoms with Gasteiger partial charge in [-0.15, -0.1) is 12.4 Å². The zero-order valence-electron chi connectivity index (χ0n) is 10.6. The summed E-state index contributed by atoms with van der Waals surface area (Å²) in [5, 5.41) is 3.58. The Morgan fingerprint density at radius 2 is 2.15 bits per heavy atom. The number of rotatable bonds is 7. The van der Waals surface area contributed by atoms with Gasteiger partial charge in [0, 0.05) is 18.8 Å². The van der Waals surface area contributed by atoms with E-state index in [2.05, 4.69) is 9.82 Å². The molecular weight excluding hydrogens is 314 g/mol. The number of hydrogen-bond donors (Lipinski definition) is 2. The number of nitrogens with one attached hydrogen (secondary N) is 1. The third-order valence-electron chi connectivity index (χ3n) is 2.98. The number of hydrogen-bond acceptors (Lipinski definition) is 4. The first-order valence-electron chi connectivity index (χ1n) is 5.94. The quantitative estimate of drug-likeness (QED) is 0.765. The molecule has 10 heteroatoms. The molecule has 0 amide bonds. The van der Waals surface area contributed by atoms with Gasteiger partial charge >= 0.3 is 0 Å². The van der Waals surface area contributed by atoms with Crippen molar-refractivity contribution in [2.45, 2.75) is 36.7 Å². The van der Waals surface area contributed by atoms with Crippen LogP contribution in [0.15, 0.2) is 17.3 Å². The van der Waals surface area contributed by atoms with Gasteiger partial charge in [0.2, 0.25) is 10.0 Å². The molecule has 3 N–H and O–H groups in total. The lowest BCUT2D eigenvalue weighted by Gasteiger charge is -2.10. The van der Waals surface area contributed by atoms with Crippen LogP contribution in [0, 0.1) is 5.92 Å². The summed E-state index contributed by atoms with van der Waals surface area (Å²) >= 11 is 0. The smallest absolute Gasteiger partial charge is 0.257 e. The van der Waals surface area contributed by atoms with Crippen LogP contribution in [0.4, 0.5) is 8.78 Å². The Morgan fingerprint density at radius 3 is 2.70 bits per heavy atom. The topological polar surface area (TPSA) is 90.0 Å². The molecule has 20 heavy (non-hydrogen) atoms. The summed E-state index contributed by atoms with van der Waals surface area (Å²) in [5.74, 6) is 0.379. The number of halogens is 3. The lowest BCUT2D eigenvalue weighted by molar-refractivity contribution is 0.121. The molecule has 116 valence electrons. The Hall–Kier alpha value is -0.770. The average molecular weight is 331 g/mol. The second-order valence-electron chi connectivity index (χ2n) is 4.64. The number of nitrogens with zero attached hydrogens (tertiary/aromatic N) is 2. The van der Waals surface area contributed by atoms with Gasteiger partial charge in [-0.2, -0.15) is 5.10 Å². The first kappa shape index (κ1) is 17.3. The van der Waals surface area contributed by atoms with Gasteiger partial charge in [-0.25, -0.2) is 21.9 Å². The Kier molecular flexibility index (Phi) is 5.87. The first-order valence-corrected chi connectivity index (χ1v) is 7.42. The van der Waals surface area contributed by atoms with Crippen LogP contribution in [-0.2, 0) is 16.6 Å². The van der Waals surface area contributed by atoms with E-state index in [1.54, 1.807) is 0 Å². The van der Waals surface area contributed by atoms with E-state index in [1.807, 2.05) is 0 Å². The number of sulfonamides is 1. The summed E-state index contributed by atoms with van der Waals surface area (Å²) in [7, 11) is -3.73. The van der Waals surface area contributed by atoms with Crippen LogP contribution in [0.2, 0.25) is 0 Å². The summed E-state index contributed by atoms with van der Waals surface area (Å²) in [6.07, 6.45) is 1.60. The highest BCUT2D eigenvalue weighted by atomic mass is 35.5. The normalized spacial score (nSPS) is 17.0. The second kappa shape index (κ2) is 6.79. The molecule has 1 heterocycles. The van der Waals surface area contributed by atoms with Crippen LogP contribution in [0.25, 0.3) is 0 Å². The third-order valence-corrected chi connectivity index (χ3v) is 4.36. The maximum absolute atomic E-state index is 12.1. The molecule has 1 aromatic heterocycles. The molecule has 1 atom stereocenters. The molecule has 2 rings (SSSR count). The highest BCUT2D eigenvalue weighted by Crippen LogP contribution is 2.31. The van der Waals surface area contributed by atoms with Gasteiger partial charge in [-0.3, -0.25) is 4.68 Å². The van der Waals surface area contributed by atoms with E-state index in [-0.39, 0.29) is 29.9 Å². The van der Waals surface area contributed by atoms with Crippen molar-refractivity contribution >= 4 is 22.4 Å². The van der Waals surface area contributed by atoms with E-state index < -0.39 is 23.0 Å². The Labute approximate surface area is 122 Å². The molecule has 1 aliphatic rings. The Morgan fingerprint density at radius 1 is 1.50 bits per heavy atom. The average Bonchev–Trinajstić information content (AvgIpc) is 3.06. The second-order valence-corrected chi connectivity index (χ2v) is 6.41. The van der Waals surface area contributed by atoms with Crippen molar-refractivity contribution in [3.63, 3.8) is 0 Å². The van der Waals surface area contributed by atoms with E-state index in [1.165, 1.54) is 0 Å². The standard InChI is InChI=1S/C10H16F2N4O2S.ClH/c11-10(12)6-16-5-8(3-14-16)19(17,18)15-4-9(13)7-1-2-7;/h3,5,7,9-10,15H,1-2,4,6,13H2;1H. The van der Waals surface area contributed by atoms with Crippen molar-refractivity contribution in [3.8, 4) is 0 Å². The minimum atomic E-state index is -3.73. The maximum Gasteiger partial charge on any atom is 0.257 e. The molecule has 0 radical (unpaired) electrons. The molecule has 0 bridgehead atoms. The molecule has 0 aromatic carbocycles. The SMILES string of the molecule is Cl.NC(CNS(=O)(=O)c1cnn(CC(F)F)c1)C1CC1. The van der Waals surface area contributed by atoms with Gasteiger partial charge < -0.3 is 5.73 Å². The fourth-order valence-electron chi connectivity index (χ4n) is 1.70. The van der Waals surface area contributed by atoms with E-state index in [0.717, 1.165) is 29.9 Å². The van der Waals surface area contributed by atoms with Crippen LogP contribution in [0.1, 0.15) is 12.8 Å². The molecule has 0 saturated heterocycles. The first-order chi connectivity index (χ1) is 8.88. The van der Waals surface area contributed by atoms with Crippen LogP contribution >= 0.6 is 12.4 Å². The zero-order chi connectivity index (χ0) is 14.0. The number of alkyl halides is 2. The van der Waals surface area contributed by atoms with Crippen LogP contribution < -0.4 is 10.5 Å². The zero-order valence-corrected chi connectivity index (χ0v) is 12.2. The summed E-state index contributed by atoms with van der Waals surface area (Å²) < 4.78 is 51.3. The lowest BCUT2D eigenvalue weighted by Crippen LogP contribution is -2.38. The molecule has 1 unspecified atom stereocenters. The van der Waals surface area contributed by atoms with Crippen molar-refractivity contribution in [3.05, 3.63) is 12.4 Å². The summed E-state index contributed by atoms with van der Waals surface area (Å²) in [5.41, 5.74) is 5.79. The highest BCUT2D eigenvalue weighted by molar-refractivity contribution is 7.89. The number of aromatic nitrogens is 2. The predicted molar refractivity (Wildman–Crippen MR) is 71.4 cm³/mol. The molecule has 0 aliphatic heterocycles. The summed E-state index contributed by atoms with van der Waals surface area (Å²) in [6, 6.07) is -0.203. The maximum atomic E-state index is 12.1. The largest absolute Gasteiger partial charge is 0.326 e. The van der Waals surface area contributed by atoms with Crippen molar-refractivity contribution in [2.24, 2.45) is 11.7 Å². The van der Waals surface area contributed by atoms with Gasteiger partial charge in [-0.1, -0.05) is 0 Å². The third kappa shape index (κ3) is 4.65. The Balaban J connectivity index is 0.00000200. The minimum Gasteiger partial charge on any atom is -0.326 e. The highest BCUT2D eigenvalue weighted by Gasteiger charge is 2.29. The van der Waals surface area contributed by atoms with Crippen LogP contribution in [-0.4, -0.2) is 37.2 Å². The molecule has 1 saturated carbocycles. The van der Waals surface area contributed by atoms with E-state index in [0.29, 0.717) is 5.92 Å². The van der Waals surface area contributed by atoms with Crippen molar-refractivity contribution in [1.29, 1.82) is 0 Å². The predicted octanol–water partition coefficient (Wildman–Crippen LogP) is 0.586. The minimum absolute atomic E-state index is 0. The molecule has 1 aromatic rings. The van der Waals surface area contributed by atoms with Gasteiger partial charge in [0.05, 0.1) is 6.20 Å². The Bertz CT molecular complexity index is 533. The lowest BCUT2D eigenvalue weighted by atomic mass is 10.2. The molecule has 1 aliphatic carbocycles. The fraction of sp³-hybridized carbons (Fsp3) is 0.700. The van der Waals surface area contributed by atoms with E-state index in [4.69, 9.17) is 5.73 Å². The van der Waals surface area contributed by atoms with Crippen LogP contribution in [0.3, 0.4) is 0 Å². The fourth-order valence-corrected chi connectivity index (χ4v) is 2.73. The van der Waals surface area contributed by atoms with Gasteiger partial charge in [0.25, 0.3) is 6.43 Å².